The van der Waals surface area contributed by atoms with Crippen LogP contribution in [0, 0.1) is 0 Å². The zero-order valence-corrected chi connectivity index (χ0v) is 20.1. The van der Waals surface area contributed by atoms with Crippen LogP contribution in [0.1, 0.15) is 41.8 Å². The lowest BCUT2D eigenvalue weighted by molar-refractivity contribution is -0.140. The normalized spacial score (nSPS) is 13.3. The molecule has 0 fully saturated rings. The van der Waals surface area contributed by atoms with Gasteiger partial charge < -0.3 is 25.5 Å². The number of anilines is 1. The van der Waals surface area contributed by atoms with Gasteiger partial charge in [-0.05, 0) is 44.2 Å². The summed E-state index contributed by atoms with van der Waals surface area (Å²) in [4.78, 5) is 29.3. The molecule has 4 rings (SSSR count). The second-order valence-electron chi connectivity index (χ2n) is 8.25. The summed E-state index contributed by atoms with van der Waals surface area (Å²) in [5.41, 5.74) is 5.24. The molecule has 3 heterocycles. The molecule has 3 aromatic heterocycles. The van der Waals surface area contributed by atoms with Crippen LogP contribution >= 0.6 is 0 Å². The van der Waals surface area contributed by atoms with Gasteiger partial charge in [-0.3, -0.25) is 4.79 Å². The van der Waals surface area contributed by atoms with E-state index in [9.17, 15) is 18.0 Å². The molecule has 1 aromatic carbocycles. The van der Waals surface area contributed by atoms with Crippen molar-refractivity contribution >= 4 is 22.8 Å². The maximum Gasteiger partial charge on any atom is 0.433 e. The topological polar surface area (TPSA) is 141 Å². The van der Waals surface area contributed by atoms with Crippen molar-refractivity contribution < 1.29 is 27.1 Å². The number of benzene rings is 1. The number of rotatable bonds is 8. The molecule has 2 atom stereocenters. The minimum Gasteiger partial charge on any atom is -0.494 e. The van der Waals surface area contributed by atoms with E-state index in [1.165, 1.54) is 19.2 Å². The zero-order chi connectivity index (χ0) is 26.7. The summed E-state index contributed by atoms with van der Waals surface area (Å²) in [5.74, 6) is 0.168. The van der Waals surface area contributed by atoms with Gasteiger partial charge in [0, 0.05) is 35.9 Å². The Hall–Kier alpha value is -4.26. The lowest BCUT2D eigenvalue weighted by Crippen LogP contribution is -2.38. The fourth-order valence-electron chi connectivity index (χ4n) is 3.60. The Bertz CT molecular complexity index is 1410. The van der Waals surface area contributed by atoms with Crippen molar-refractivity contribution in [2.24, 2.45) is 5.73 Å². The van der Waals surface area contributed by atoms with E-state index in [2.05, 4.69) is 30.6 Å². The Morgan fingerprint density at radius 2 is 1.86 bits per heavy atom. The van der Waals surface area contributed by atoms with E-state index in [1.54, 1.807) is 38.4 Å². The lowest BCUT2D eigenvalue weighted by Gasteiger charge is -2.14. The number of carbonyl (C=O) groups is 1. The molecular weight excluding hydrogens is 491 g/mol. The number of amides is 1. The van der Waals surface area contributed by atoms with E-state index in [1.807, 2.05) is 0 Å². The Morgan fingerprint density at radius 1 is 1.14 bits per heavy atom. The number of hydrogen-bond acceptors (Lipinski definition) is 9. The molecule has 0 aliphatic rings. The Morgan fingerprint density at radius 3 is 2.51 bits per heavy atom. The van der Waals surface area contributed by atoms with E-state index < -0.39 is 23.8 Å². The van der Waals surface area contributed by atoms with Crippen molar-refractivity contribution in [1.82, 2.24) is 25.3 Å². The average molecular weight is 515 g/mol. The van der Waals surface area contributed by atoms with Crippen LogP contribution < -0.4 is 21.1 Å². The first-order valence-electron chi connectivity index (χ1n) is 11.2. The second kappa shape index (κ2) is 10.4. The van der Waals surface area contributed by atoms with Gasteiger partial charge in [-0.1, -0.05) is 0 Å². The van der Waals surface area contributed by atoms with Gasteiger partial charge in [0.25, 0.3) is 5.91 Å². The highest BCUT2D eigenvalue weighted by Gasteiger charge is 2.33. The first-order valence-corrected chi connectivity index (χ1v) is 11.2. The fourth-order valence-corrected chi connectivity index (χ4v) is 3.60. The number of nitrogens with zero attached hydrogens (tertiary/aromatic N) is 4. The van der Waals surface area contributed by atoms with Crippen LogP contribution in [0.2, 0.25) is 0 Å². The minimum absolute atomic E-state index is 0.00938. The molecule has 0 saturated carbocycles. The van der Waals surface area contributed by atoms with Crippen LogP contribution in [0.3, 0.4) is 0 Å². The summed E-state index contributed by atoms with van der Waals surface area (Å²) in [7, 11) is 1.33. The van der Waals surface area contributed by atoms with E-state index in [0.717, 1.165) is 6.07 Å². The highest BCUT2D eigenvalue weighted by Crippen LogP contribution is 2.37. The van der Waals surface area contributed by atoms with Gasteiger partial charge in [-0.25, -0.2) is 19.9 Å². The largest absolute Gasteiger partial charge is 0.494 e. The molecule has 4 aromatic rings. The number of nitrogens with one attached hydrogen (secondary N) is 2. The molecule has 4 N–H and O–H groups in total. The van der Waals surface area contributed by atoms with Crippen molar-refractivity contribution in [3.63, 3.8) is 0 Å². The van der Waals surface area contributed by atoms with Gasteiger partial charge >= 0.3 is 6.18 Å². The highest BCUT2D eigenvalue weighted by atomic mass is 19.4. The number of hydrogen-bond donors (Lipinski definition) is 3. The van der Waals surface area contributed by atoms with Crippen molar-refractivity contribution in [2.75, 3.05) is 19.0 Å². The number of pyridine rings is 1. The molecule has 0 saturated heterocycles. The number of alkyl halides is 3. The summed E-state index contributed by atoms with van der Waals surface area (Å²) in [6, 6.07) is 5.81. The molecule has 194 valence electrons. The molecular formula is C24H24F3N7O3. The minimum atomic E-state index is -4.64. The molecule has 1 amide bonds. The quantitative estimate of drug-likeness (QED) is 0.318. The molecule has 13 heteroatoms. The van der Waals surface area contributed by atoms with Crippen molar-refractivity contribution in [3.05, 3.63) is 59.9 Å². The summed E-state index contributed by atoms with van der Waals surface area (Å²) < 4.78 is 50.8. The van der Waals surface area contributed by atoms with Gasteiger partial charge in [-0.2, -0.15) is 13.2 Å². The molecule has 0 radical (unpaired) electrons. The smallest absolute Gasteiger partial charge is 0.433 e. The SMILES string of the molecule is COc1ccc(-c2nc(C(=O)N[C@@H](C)CNc3ncccn3)c([C@H](C)N)o2)c2ccc(C(F)(F)F)nc12. The number of halogens is 3. The summed E-state index contributed by atoms with van der Waals surface area (Å²) in [6.07, 6.45) is -1.46. The van der Waals surface area contributed by atoms with E-state index in [4.69, 9.17) is 14.9 Å². The second-order valence-corrected chi connectivity index (χ2v) is 8.25. The molecule has 0 aliphatic carbocycles. The zero-order valence-electron chi connectivity index (χ0n) is 20.1. The number of aromatic nitrogens is 4. The summed E-state index contributed by atoms with van der Waals surface area (Å²) in [6.45, 7) is 3.74. The van der Waals surface area contributed by atoms with E-state index in [0.29, 0.717) is 23.4 Å². The number of ether oxygens (including phenoxy) is 1. The van der Waals surface area contributed by atoms with Gasteiger partial charge in [0.05, 0.1) is 13.2 Å². The molecule has 0 unspecified atom stereocenters. The van der Waals surface area contributed by atoms with Gasteiger partial charge in [0.2, 0.25) is 11.8 Å². The average Bonchev–Trinajstić information content (AvgIpc) is 3.32. The molecule has 37 heavy (non-hydrogen) atoms. The van der Waals surface area contributed by atoms with Crippen LogP contribution in [-0.2, 0) is 6.18 Å². The van der Waals surface area contributed by atoms with Crippen LogP contribution in [-0.4, -0.2) is 45.5 Å². The van der Waals surface area contributed by atoms with Gasteiger partial charge in [0.1, 0.15) is 17.0 Å². The summed E-state index contributed by atoms with van der Waals surface area (Å²) >= 11 is 0. The maximum atomic E-state index is 13.3. The molecule has 0 spiro atoms. The van der Waals surface area contributed by atoms with E-state index in [-0.39, 0.29) is 34.7 Å². The Balaban J connectivity index is 1.65. The molecule has 0 aliphatic heterocycles. The van der Waals surface area contributed by atoms with Crippen molar-refractivity contribution in [3.8, 4) is 17.2 Å². The third kappa shape index (κ3) is 5.61. The first kappa shape index (κ1) is 25.8. The van der Waals surface area contributed by atoms with Gasteiger partial charge in [0.15, 0.2) is 11.5 Å². The number of carbonyl (C=O) groups excluding carboxylic acids is 1. The predicted molar refractivity (Wildman–Crippen MR) is 129 cm³/mol. The first-order chi connectivity index (χ1) is 17.6. The number of fused-ring (bicyclic) bond motifs is 1. The monoisotopic (exact) mass is 515 g/mol. The third-order valence-electron chi connectivity index (χ3n) is 5.35. The number of oxazole rings is 1. The van der Waals surface area contributed by atoms with Gasteiger partial charge in [-0.15, -0.1) is 0 Å². The van der Waals surface area contributed by atoms with Crippen molar-refractivity contribution in [2.45, 2.75) is 32.1 Å². The maximum absolute atomic E-state index is 13.3. The Labute approximate surface area is 209 Å². The van der Waals surface area contributed by atoms with Crippen LogP contribution in [0.4, 0.5) is 19.1 Å². The van der Waals surface area contributed by atoms with E-state index >= 15 is 0 Å². The third-order valence-corrected chi connectivity index (χ3v) is 5.35. The highest BCUT2D eigenvalue weighted by molar-refractivity contribution is 5.98. The van der Waals surface area contributed by atoms with Crippen LogP contribution in [0.25, 0.3) is 22.4 Å². The van der Waals surface area contributed by atoms with Crippen LogP contribution in [0.15, 0.2) is 47.1 Å². The fraction of sp³-hybridized carbons (Fsp3) is 0.292. The molecule has 10 nitrogen and oxygen atoms in total. The van der Waals surface area contributed by atoms with Crippen molar-refractivity contribution in [1.29, 1.82) is 0 Å². The standard InChI is InChI=1S/C24H24F3N7O3/c1-12(11-31-23-29-9-4-10-30-23)32-21(35)19-20(13(2)28)37-22(34-19)15-5-7-16(36-3)18-14(15)6-8-17(33-18)24(25,26)27/h4-10,12-13H,11,28H2,1-3H3,(H,32,35)(H,29,30,31)/t12-,13-/m0/s1. The van der Waals surface area contributed by atoms with Crippen LogP contribution in [0.5, 0.6) is 5.75 Å². The Kier molecular flexibility index (Phi) is 7.25. The lowest BCUT2D eigenvalue weighted by atomic mass is 10.1. The summed E-state index contributed by atoms with van der Waals surface area (Å²) in [5, 5.41) is 6.13. The number of methoxy groups -OCH3 is 1. The number of nitrogens with two attached hydrogens (primary N) is 1. The molecule has 0 bridgehead atoms. The predicted octanol–water partition coefficient (Wildman–Crippen LogP) is 3.96.